The Morgan fingerprint density at radius 3 is 2.12 bits per heavy atom. The summed E-state index contributed by atoms with van der Waals surface area (Å²) in [5, 5.41) is 12.4. The van der Waals surface area contributed by atoms with E-state index in [9.17, 15) is 9.90 Å². The second-order valence-electron chi connectivity index (χ2n) is 9.30. The molecule has 0 amide bonds. The Morgan fingerprint density at radius 2 is 1.60 bits per heavy atom. The number of carbonyl (C=O) groups excluding carboxylic acids is 1. The van der Waals surface area contributed by atoms with Crippen LogP contribution in [-0.4, -0.2) is 24.8 Å². The fraction of sp³-hybridized carbons (Fsp3) is 0.476. The molecular formula is C21H28O3Si. The lowest BCUT2D eigenvalue weighted by Crippen LogP contribution is -2.45. The van der Waals surface area contributed by atoms with Crippen LogP contribution in [-0.2, 0) is 9.53 Å². The maximum absolute atomic E-state index is 12.7. The Bertz CT molecular complexity index is 776. The number of allylic oxidation sites excluding steroid dienone is 1. The molecule has 1 aliphatic heterocycles. The molecule has 0 aromatic heterocycles. The molecule has 4 heteroatoms. The summed E-state index contributed by atoms with van der Waals surface area (Å²) >= 11 is 0. The van der Waals surface area contributed by atoms with Crippen LogP contribution in [0.3, 0.4) is 0 Å². The number of carbonyl (C=O) groups is 1. The van der Waals surface area contributed by atoms with Crippen molar-refractivity contribution in [2.24, 2.45) is 5.41 Å². The van der Waals surface area contributed by atoms with Crippen LogP contribution in [0.1, 0.15) is 39.2 Å². The van der Waals surface area contributed by atoms with Crippen molar-refractivity contribution < 1.29 is 14.6 Å². The molecule has 3 rings (SSSR count). The van der Waals surface area contributed by atoms with Crippen molar-refractivity contribution in [3.8, 4) is 0 Å². The van der Waals surface area contributed by atoms with Gasteiger partial charge in [0.05, 0.1) is 13.7 Å². The Morgan fingerprint density at radius 1 is 1.04 bits per heavy atom. The topological polar surface area (TPSA) is 46.5 Å². The van der Waals surface area contributed by atoms with Crippen LogP contribution in [0.15, 0.2) is 46.9 Å². The highest BCUT2D eigenvalue weighted by molar-refractivity contribution is 6.87. The third-order valence-corrected chi connectivity index (χ3v) is 7.46. The minimum atomic E-state index is -1.89. The lowest BCUT2D eigenvalue weighted by molar-refractivity contribution is -0.132. The predicted molar refractivity (Wildman–Crippen MR) is 103 cm³/mol. The molecule has 25 heavy (non-hydrogen) atoms. The summed E-state index contributed by atoms with van der Waals surface area (Å²) in [6, 6.07) is 9.97. The molecular weight excluding hydrogens is 328 g/mol. The Kier molecular flexibility index (Phi) is 4.12. The van der Waals surface area contributed by atoms with Crippen LogP contribution < -0.4 is 0 Å². The van der Waals surface area contributed by atoms with Crippen molar-refractivity contribution in [2.45, 2.75) is 58.9 Å². The van der Waals surface area contributed by atoms with Gasteiger partial charge in [0.2, 0.25) is 0 Å². The molecule has 1 heterocycles. The highest BCUT2D eigenvalue weighted by atomic mass is 28.3. The first-order valence-corrected chi connectivity index (χ1v) is 12.4. The first kappa shape index (κ1) is 18.1. The van der Waals surface area contributed by atoms with Gasteiger partial charge in [-0.15, -0.1) is 0 Å². The molecule has 0 saturated carbocycles. The summed E-state index contributed by atoms with van der Waals surface area (Å²) < 4.78 is 5.77. The molecule has 0 saturated heterocycles. The van der Waals surface area contributed by atoms with Crippen LogP contribution in [0, 0.1) is 5.41 Å². The van der Waals surface area contributed by atoms with Crippen LogP contribution in [0.4, 0.5) is 0 Å². The van der Waals surface area contributed by atoms with Crippen LogP contribution in [0.2, 0.25) is 19.6 Å². The first-order valence-electron chi connectivity index (χ1n) is 8.91. The lowest BCUT2D eigenvalue weighted by atomic mass is 9.66. The molecule has 0 bridgehead atoms. The molecule has 1 atom stereocenters. The Labute approximate surface area is 151 Å². The largest absolute Gasteiger partial charge is 0.423 e. The van der Waals surface area contributed by atoms with Gasteiger partial charge in [0.15, 0.2) is 0 Å². The molecule has 2 aliphatic rings. The van der Waals surface area contributed by atoms with Gasteiger partial charge in [0.25, 0.3) is 0 Å². The van der Waals surface area contributed by atoms with E-state index < -0.39 is 13.7 Å². The molecule has 1 aromatic carbocycles. The molecule has 1 unspecified atom stereocenters. The number of esters is 1. The molecule has 134 valence electrons. The maximum Gasteiger partial charge on any atom is 0.335 e. The van der Waals surface area contributed by atoms with Crippen molar-refractivity contribution in [1.29, 1.82) is 0 Å². The Balaban J connectivity index is 2.28. The number of fused-ring (bicyclic) bond motifs is 1. The van der Waals surface area contributed by atoms with Crippen molar-refractivity contribution in [3.05, 3.63) is 52.4 Å². The van der Waals surface area contributed by atoms with Gasteiger partial charge in [-0.25, -0.2) is 4.79 Å². The predicted octanol–water partition coefficient (Wildman–Crippen LogP) is 4.70. The summed E-state index contributed by atoms with van der Waals surface area (Å²) in [5.74, 6) is 0.485. The molecule has 0 radical (unpaired) electrons. The van der Waals surface area contributed by atoms with Crippen molar-refractivity contribution in [2.75, 3.05) is 0 Å². The number of hydrogen-bond donors (Lipinski definition) is 1. The van der Waals surface area contributed by atoms with Gasteiger partial charge in [0, 0.05) is 29.2 Å². The monoisotopic (exact) mass is 356 g/mol. The van der Waals surface area contributed by atoms with E-state index in [0.717, 1.165) is 21.9 Å². The lowest BCUT2D eigenvalue weighted by Gasteiger charge is -2.44. The Hall–Kier alpha value is -1.65. The summed E-state index contributed by atoms with van der Waals surface area (Å²) in [7, 11) is -1.89. The van der Waals surface area contributed by atoms with Gasteiger partial charge in [-0.3, -0.25) is 0 Å². The number of hydrogen-bond acceptors (Lipinski definition) is 3. The molecule has 0 spiro atoms. The van der Waals surface area contributed by atoms with Crippen LogP contribution in [0.25, 0.3) is 5.57 Å². The van der Waals surface area contributed by atoms with E-state index in [1.54, 1.807) is 0 Å². The maximum atomic E-state index is 12.7. The van der Waals surface area contributed by atoms with Gasteiger partial charge in [0.1, 0.15) is 5.76 Å². The quantitative estimate of drug-likeness (QED) is 0.617. The van der Waals surface area contributed by atoms with E-state index in [-0.39, 0.29) is 11.4 Å². The zero-order valence-corrected chi connectivity index (χ0v) is 17.1. The molecule has 3 nitrogen and oxygen atoms in total. The van der Waals surface area contributed by atoms with E-state index in [0.29, 0.717) is 18.6 Å². The number of ether oxygens (including phenoxy) is 1. The molecule has 1 N–H and O–H groups in total. The third kappa shape index (κ3) is 3.02. The van der Waals surface area contributed by atoms with E-state index in [1.807, 2.05) is 30.3 Å². The number of aliphatic hydroxyl groups is 1. The molecule has 1 aliphatic carbocycles. The van der Waals surface area contributed by atoms with Crippen LogP contribution >= 0.6 is 0 Å². The van der Waals surface area contributed by atoms with E-state index in [4.69, 9.17) is 4.74 Å². The van der Waals surface area contributed by atoms with Crippen molar-refractivity contribution in [3.63, 3.8) is 0 Å². The van der Waals surface area contributed by atoms with Gasteiger partial charge < -0.3 is 9.84 Å². The highest BCUT2D eigenvalue weighted by Gasteiger charge is 2.50. The van der Waals surface area contributed by atoms with E-state index in [1.165, 1.54) is 0 Å². The molecule has 1 aromatic rings. The minimum Gasteiger partial charge on any atom is -0.423 e. The van der Waals surface area contributed by atoms with Crippen LogP contribution in [0.5, 0.6) is 0 Å². The normalized spacial score (nSPS) is 24.5. The SMILES string of the molecule is CC(C)(C)C1(O)CC2=C([Si](C)(C)C)C(=O)OC2=C(c2ccccc2)C1. The second kappa shape index (κ2) is 5.68. The second-order valence-corrected chi connectivity index (χ2v) is 14.3. The van der Waals surface area contributed by atoms with E-state index in [2.05, 4.69) is 40.4 Å². The van der Waals surface area contributed by atoms with Gasteiger partial charge >= 0.3 is 5.97 Å². The summed E-state index contributed by atoms with van der Waals surface area (Å²) in [6.07, 6.45) is 0.971. The molecule has 0 fully saturated rings. The average molecular weight is 357 g/mol. The zero-order chi connectivity index (χ0) is 18.6. The first-order chi connectivity index (χ1) is 11.4. The summed E-state index contributed by atoms with van der Waals surface area (Å²) in [4.78, 5) is 12.7. The average Bonchev–Trinajstić information content (AvgIpc) is 2.81. The number of rotatable bonds is 2. The zero-order valence-electron chi connectivity index (χ0n) is 16.1. The summed E-state index contributed by atoms with van der Waals surface area (Å²) in [6.45, 7) is 12.7. The third-order valence-electron chi connectivity index (χ3n) is 5.46. The van der Waals surface area contributed by atoms with Crippen molar-refractivity contribution in [1.82, 2.24) is 0 Å². The minimum absolute atomic E-state index is 0.212. The fourth-order valence-corrected chi connectivity index (χ4v) is 5.51. The van der Waals surface area contributed by atoms with Gasteiger partial charge in [-0.2, -0.15) is 0 Å². The summed E-state index contributed by atoms with van der Waals surface area (Å²) in [5.41, 5.74) is 1.69. The van der Waals surface area contributed by atoms with Gasteiger partial charge in [-0.1, -0.05) is 70.7 Å². The smallest absolute Gasteiger partial charge is 0.335 e. The number of benzene rings is 1. The highest BCUT2D eigenvalue weighted by Crippen LogP contribution is 2.52. The van der Waals surface area contributed by atoms with E-state index >= 15 is 0 Å². The standard InChI is InChI=1S/C21H28O3Si/c1-20(2,3)21(23)12-15(14-10-8-7-9-11-14)17-16(13-21)18(19(22)24-17)25(4,5)6/h7-11,23H,12-13H2,1-6H3. The fourth-order valence-electron chi connectivity index (χ4n) is 3.74. The van der Waals surface area contributed by atoms with Crippen molar-refractivity contribution >= 4 is 19.6 Å². The van der Waals surface area contributed by atoms with Gasteiger partial charge in [-0.05, 0) is 11.0 Å².